The molecule has 0 bridgehead atoms. The molecule has 0 N–H and O–H groups in total. The topological polar surface area (TPSA) is 12.9 Å². The molecular formula is C18H17Cl2N. The van der Waals surface area contributed by atoms with Gasteiger partial charge in [-0.05, 0) is 42.7 Å². The predicted octanol–water partition coefficient (Wildman–Crippen LogP) is 5.72. The number of pyridine rings is 1. The quantitative estimate of drug-likeness (QED) is 0.705. The Hall–Kier alpha value is -1.05. The van der Waals surface area contributed by atoms with Gasteiger partial charge in [-0.1, -0.05) is 54.6 Å². The summed E-state index contributed by atoms with van der Waals surface area (Å²) in [6, 6.07) is 11.9. The Bertz CT molecular complexity index is 604. The van der Waals surface area contributed by atoms with E-state index in [1.54, 1.807) is 0 Å². The molecule has 108 valence electrons. The van der Waals surface area contributed by atoms with E-state index in [1.165, 1.54) is 24.8 Å². The van der Waals surface area contributed by atoms with E-state index in [0.717, 1.165) is 18.5 Å². The molecule has 1 aromatic heterocycles. The van der Waals surface area contributed by atoms with Gasteiger partial charge in [-0.3, -0.25) is 4.98 Å². The molecule has 1 heterocycles. The standard InChI is InChI=1S/C18H17Cl2N/c19-16-8-7-14(12-17(16)20)18(9-3-1-4-10-18)13-15-6-2-5-11-21-15/h2,5-8,11-12H,1,3-4,9-10H2. The van der Waals surface area contributed by atoms with Gasteiger partial charge in [0.25, 0.3) is 0 Å². The minimum atomic E-state index is -0.0964. The lowest BCUT2D eigenvalue weighted by Gasteiger charge is -2.37. The van der Waals surface area contributed by atoms with Crippen molar-refractivity contribution in [3.63, 3.8) is 0 Å². The molecule has 1 fully saturated rings. The van der Waals surface area contributed by atoms with Gasteiger partial charge in [-0.25, -0.2) is 0 Å². The number of halogens is 2. The van der Waals surface area contributed by atoms with Crippen molar-refractivity contribution < 1.29 is 0 Å². The van der Waals surface area contributed by atoms with Gasteiger partial charge in [0.15, 0.2) is 0 Å². The van der Waals surface area contributed by atoms with E-state index < -0.39 is 0 Å². The second-order valence-electron chi connectivity index (χ2n) is 5.61. The number of nitrogens with zero attached hydrogens (tertiary/aromatic N) is 1. The molecule has 0 aliphatic heterocycles. The summed E-state index contributed by atoms with van der Waals surface area (Å²) in [4.78, 5) is 4.41. The summed E-state index contributed by atoms with van der Waals surface area (Å²) < 4.78 is 0. The second-order valence-corrected chi connectivity index (χ2v) is 6.43. The van der Waals surface area contributed by atoms with E-state index >= 15 is 0 Å². The van der Waals surface area contributed by atoms with Crippen LogP contribution < -0.4 is 0 Å². The van der Waals surface area contributed by atoms with Gasteiger partial charge in [0, 0.05) is 23.7 Å². The molecule has 1 nitrogen and oxygen atoms in total. The first-order valence-electron chi connectivity index (χ1n) is 7.34. The fraction of sp³-hybridized carbons (Fsp3) is 0.333. The first-order valence-corrected chi connectivity index (χ1v) is 8.10. The predicted molar refractivity (Wildman–Crippen MR) is 87.8 cm³/mol. The molecule has 0 amide bonds. The van der Waals surface area contributed by atoms with Crippen LogP contribution in [0.4, 0.5) is 0 Å². The van der Waals surface area contributed by atoms with Gasteiger partial charge in [-0.15, -0.1) is 0 Å². The molecule has 2 aromatic rings. The highest BCUT2D eigenvalue weighted by atomic mass is 35.5. The number of benzene rings is 1. The summed E-state index contributed by atoms with van der Waals surface area (Å²) >= 11 is 12.3. The highest BCUT2D eigenvalue weighted by Gasteiger charge is 2.35. The van der Waals surface area contributed by atoms with Crippen LogP contribution in [0.3, 0.4) is 0 Å². The molecule has 1 aliphatic rings. The van der Waals surface area contributed by atoms with Crippen LogP contribution in [0.2, 0.25) is 10.0 Å². The Morgan fingerprint density at radius 3 is 2.43 bits per heavy atom. The average Bonchev–Trinajstić information content (AvgIpc) is 2.52. The maximum absolute atomic E-state index is 6.22. The largest absolute Gasteiger partial charge is 0.261 e. The number of hydrogen-bond donors (Lipinski definition) is 0. The molecule has 1 aromatic carbocycles. The Labute approximate surface area is 136 Å². The van der Waals surface area contributed by atoms with E-state index in [-0.39, 0.29) is 5.41 Å². The van der Waals surface area contributed by atoms with Crippen molar-refractivity contribution in [2.24, 2.45) is 0 Å². The van der Waals surface area contributed by atoms with Gasteiger partial charge in [-0.2, -0.15) is 0 Å². The lowest BCUT2D eigenvalue weighted by Crippen LogP contribution is -2.30. The Morgan fingerprint density at radius 2 is 1.76 bits per heavy atom. The molecule has 0 saturated heterocycles. The number of aromatic nitrogens is 1. The maximum Gasteiger partial charge on any atom is 0.0595 e. The molecule has 1 aliphatic carbocycles. The van der Waals surface area contributed by atoms with Gasteiger partial charge < -0.3 is 0 Å². The van der Waals surface area contributed by atoms with E-state index in [1.807, 2.05) is 36.5 Å². The summed E-state index contributed by atoms with van der Waals surface area (Å²) in [5.74, 6) is 0. The van der Waals surface area contributed by atoms with Crippen LogP contribution in [0.15, 0.2) is 42.6 Å². The van der Waals surface area contributed by atoms with Crippen molar-refractivity contribution in [2.75, 3.05) is 0 Å². The van der Waals surface area contributed by atoms with Crippen LogP contribution in [0, 0.1) is 6.42 Å². The molecule has 0 unspecified atom stereocenters. The third kappa shape index (κ3) is 3.25. The zero-order chi connectivity index (χ0) is 14.7. The van der Waals surface area contributed by atoms with Gasteiger partial charge in [0.2, 0.25) is 0 Å². The van der Waals surface area contributed by atoms with Crippen molar-refractivity contribution in [1.29, 1.82) is 0 Å². The van der Waals surface area contributed by atoms with E-state index in [9.17, 15) is 0 Å². The van der Waals surface area contributed by atoms with Gasteiger partial charge >= 0.3 is 0 Å². The van der Waals surface area contributed by atoms with Gasteiger partial charge in [0.05, 0.1) is 10.0 Å². The molecule has 1 saturated carbocycles. The lowest BCUT2D eigenvalue weighted by molar-refractivity contribution is 0.338. The molecule has 3 rings (SSSR count). The summed E-state index contributed by atoms with van der Waals surface area (Å²) in [5, 5.41) is 1.21. The summed E-state index contributed by atoms with van der Waals surface area (Å²) in [6.07, 6.45) is 11.3. The lowest BCUT2D eigenvalue weighted by atomic mass is 9.67. The van der Waals surface area contributed by atoms with Crippen molar-refractivity contribution in [1.82, 2.24) is 4.98 Å². The highest BCUT2D eigenvalue weighted by molar-refractivity contribution is 6.42. The van der Waals surface area contributed by atoms with Crippen LogP contribution in [0.5, 0.6) is 0 Å². The molecule has 0 atom stereocenters. The van der Waals surface area contributed by atoms with Crippen LogP contribution in [-0.4, -0.2) is 4.98 Å². The Morgan fingerprint density at radius 1 is 0.952 bits per heavy atom. The monoisotopic (exact) mass is 317 g/mol. The molecule has 3 heteroatoms. The highest BCUT2D eigenvalue weighted by Crippen LogP contribution is 2.44. The molecule has 2 radical (unpaired) electrons. The molecular weight excluding hydrogens is 301 g/mol. The molecule has 0 spiro atoms. The summed E-state index contributed by atoms with van der Waals surface area (Å²) in [5.41, 5.74) is 2.01. The van der Waals surface area contributed by atoms with Crippen LogP contribution in [-0.2, 0) is 5.41 Å². The van der Waals surface area contributed by atoms with Gasteiger partial charge in [0.1, 0.15) is 0 Å². The zero-order valence-electron chi connectivity index (χ0n) is 11.8. The van der Waals surface area contributed by atoms with E-state index in [4.69, 9.17) is 23.2 Å². The summed E-state index contributed by atoms with van der Waals surface area (Å²) in [7, 11) is 0. The SMILES string of the molecule is Clc1ccc(C2([C]c3ccccn3)CCCCC2)cc1Cl. The van der Waals surface area contributed by atoms with Crippen molar-refractivity contribution in [3.05, 3.63) is 70.3 Å². The normalized spacial score (nSPS) is 17.6. The smallest absolute Gasteiger partial charge is 0.0595 e. The van der Waals surface area contributed by atoms with Crippen molar-refractivity contribution >= 4 is 23.2 Å². The van der Waals surface area contributed by atoms with E-state index in [0.29, 0.717) is 10.0 Å². The second kappa shape index (κ2) is 6.37. The minimum Gasteiger partial charge on any atom is -0.261 e. The third-order valence-electron chi connectivity index (χ3n) is 4.21. The number of hydrogen-bond acceptors (Lipinski definition) is 1. The fourth-order valence-electron chi connectivity index (χ4n) is 3.12. The van der Waals surface area contributed by atoms with Crippen LogP contribution >= 0.6 is 23.2 Å². The minimum absolute atomic E-state index is 0.0964. The van der Waals surface area contributed by atoms with Crippen molar-refractivity contribution in [2.45, 2.75) is 37.5 Å². The molecule has 21 heavy (non-hydrogen) atoms. The van der Waals surface area contributed by atoms with Crippen molar-refractivity contribution in [3.8, 4) is 0 Å². The summed E-state index contributed by atoms with van der Waals surface area (Å²) in [6.45, 7) is 0. The zero-order valence-corrected chi connectivity index (χ0v) is 13.3. The van der Waals surface area contributed by atoms with Crippen LogP contribution in [0.1, 0.15) is 43.4 Å². The average molecular weight is 318 g/mol. The maximum atomic E-state index is 6.22. The van der Waals surface area contributed by atoms with E-state index in [2.05, 4.69) is 17.5 Å². The Balaban J connectivity index is 1.98. The third-order valence-corrected chi connectivity index (χ3v) is 4.95. The first-order chi connectivity index (χ1) is 10.2. The first kappa shape index (κ1) is 14.9. The fourth-order valence-corrected chi connectivity index (χ4v) is 3.41. The number of rotatable bonds is 3. The van der Waals surface area contributed by atoms with Crippen LogP contribution in [0.25, 0.3) is 0 Å². The Kier molecular flexibility index (Phi) is 4.51.